The van der Waals surface area contributed by atoms with Gasteiger partial charge in [-0.25, -0.2) is 4.79 Å². The standard InChI is InChI=1S/C34H34O7/c35-30-29(24-37-21-25-13-5-1-6-14-25)40-34(39-23-27-17-9-3-10-18-27)32(38-22-26-15-7-2-8-16-26)31(30)41-33(36)28-19-11-4-12-20-28/h1-20,29-32,34-35H,21-24H2/t29-,30+,31+,32-,34+/m1/s1. The van der Waals surface area contributed by atoms with E-state index in [0.717, 1.165) is 16.7 Å². The third-order valence-electron chi connectivity index (χ3n) is 6.81. The molecule has 1 heterocycles. The molecule has 0 aromatic heterocycles. The van der Waals surface area contributed by atoms with Crippen LogP contribution in [0.4, 0.5) is 0 Å². The van der Waals surface area contributed by atoms with Gasteiger partial charge in [0, 0.05) is 0 Å². The van der Waals surface area contributed by atoms with Crippen LogP contribution in [0.3, 0.4) is 0 Å². The molecule has 0 saturated carbocycles. The van der Waals surface area contributed by atoms with Crippen LogP contribution in [0.5, 0.6) is 0 Å². The molecule has 1 N–H and O–H groups in total. The quantitative estimate of drug-likeness (QED) is 0.238. The average molecular weight is 555 g/mol. The van der Waals surface area contributed by atoms with E-state index >= 15 is 0 Å². The molecule has 212 valence electrons. The second kappa shape index (κ2) is 14.7. The zero-order valence-corrected chi connectivity index (χ0v) is 22.7. The van der Waals surface area contributed by atoms with Gasteiger partial charge in [-0.3, -0.25) is 0 Å². The van der Waals surface area contributed by atoms with Gasteiger partial charge >= 0.3 is 5.97 Å². The van der Waals surface area contributed by atoms with E-state index in [4.69, 9.17) is 23.7 Å². The molecule has 4 aromatic rings. The van der Waals surface area contributed by atoms with Crippen molar-refractivity contribution in [2.45, 2.75) is 50.5 Å². The molecule has 0 amide bonds. The second-order valence-electron chi connectivity index (χ2n) is 9.83. The van der Waals surface area contributed by atoms with Gasteiger partial charge < -0.3 is 28.8 Å². The van der Waals surface area contributed by atoms with Gasteiger partial charge in [-0.1, -0.05) is 109 Å². The molecule has 0 bridgehead atoms. The highest BCUT2D eigenvalue weighted by atomic mass is 16.7. The molecule has 0 radical (unpaired) electrons. The lowest BCUT2D eigenvalue weighted by Crippen LogP contribution is -2.61. The summed E-state index contributed by atoms with van der Waals surface area (Å²) in [6.45, 7) is 0.850. The molecule has 0 spiro atoms. The van der Waals surface area contributed by atoms with Gasteiger partial charge in [-0.15, -0.1) is 0 Å². The molecule has 4 aromatic carbocycles. The molecule has 1 saturated heterocycles. The third-order valence-corrected chi connectivity index (χ3v) is 6.81. The molecule has 7 nitrogen and oxygen atoms in total. The Labute approximate surface area is 240 Å². The Hall–Kier alpha value is -3.85. The molecular weight excluding hydrogens is 520 g/mol. The summed E-state index contributed by atoms with van der Waals surface area (Å²) in [5.41, 5.74) is 3.22. The Morgan fingerprint density at radius 3 is 1.68 bits per heavy atom. The number of carbonyl (C=O) groups is 1. The Morgan fingerprint density at radius 1 is 0.634 bits per heavy atom. The van der Waals surface area contributed by atoms with Crippen molar-refractivity contribution in [3.8, 4) is 0 Å². The zero-order valence-electron chi connectivity index (χ0n) is 22.7. The maximum atomic E-state index is 13.2. The van der Waals surface area contributed by atoms with Crippen molar-refractivity contribution in [3.63, 3.8) is 0 Å². The molecular formula is C34H34O7. The van der Waals surface area contributed by atoms with Gasteiger partial charge in [0.2, 0.25) is 0 Å². The van der Waals surface area contributed by atoms with Crippen molar-refractivity contribution in [3.05, 3.63) is 144 Å². The van der Waals surface area contributed by atoms with E-state index in [2.05, 4.69) is 0 Å². The lowest BCUT2D eigenvalue weighted by atomic mass is 9.98. The van der Waals surface area contributed by atoms with Crippen LogP contribution in [0.2, 0.25) is 0 Å². The van der Waals surface area contributed by atoms with E-state index in [1.807, 2.05) is 97.1 Å². The van der Waals surface area contributed by atoms with Gasteiger partial charge in [-0.05, 0) is 28.8 Å². The summed E-state index contributed by atoms with van der Waals surface area (Å²) in [6.07, 6.45) is -4.99. The lowest BCUT2D eigenvalue weighted by Gasteiger charge is -2.43. The van der Waals surface area contributed by atoms with Crippen LogP contribution < -0.4 is 0 Å². The van der Waals surface area contributed by atoms with Crippen LogP contribution in [0, 0.1) is 0 Å². The molecule has 1 aliphatic rings. The number of carbonyl (C=O) groups excluding carboxylic acids is 1. The average Bonchev–Trinajstić information content (AvgIpc) is 3.03. The van der Waals surface area contributed by atoms with Crippen molar-refractivity contribution >= 4 is 5.97 Å². The molecule has 0 unspecified atom stereocenters. The first-order valence-electron chi connectivity index (χ1n) is 13.7. The molecule has 41 heavy (non-hydrogen) atoms. The van der Waals surface area contributed by atoms with Crippen molar-refractivity contribution in [1.29, 1.82) is 0 Å². The molecule has 1 aliphatic heterocycles. The van der Waals surface area contributed by atoms with E-state index < -0.39 is 36.7 Å². The number of aliphatic hydroxyl groups is 1. The van der Waals surface area contributed by atoms with E-state index in [1.165, 1.54) is 0 Å². The fraction of sp³-hybridized carbons (Fsp3) is 0.265. The number of hydrogen-bond donors (Lipinski definition) is 1. The van der Waals surface area contributed by atoms with Crippen LogP contribution in [-0.2, 0) is 43.5 Å². The maximum Gasteiger partial charge on any atom is 0.338 e. The van der Waals surface area contributed by atoms with Gasteiger partial charge in [0.05, 0.1) is 32.0 Å². The summed E-state index contributed by atoms with van der Waals surface area (Å²) < 4.78 is 30.6. The van der Waals surface area contributed by atoms with Crippen molar-refractivity contribution in [2.24, 2.45) is 0 Å². The van der Waals surface area contributed by atoms with Crippen LogP contribution in [-0.4, -0.2) is 48.4 Å². The Morgan fingerprint density at radius 2 is 1.12 bits per heavy atom. The monoisotopic (exact) mass is 554 g/mol. The smallest absolute Gasteiger partial charge is 0.338 e. The second-order valence-corrected chi connectivity index (χ2v) is 9.83. The summed E-state index contributed by atoms with van der Waals surface area (Å²) in [4.78, 5) is 13.2. The van der Waals surface area contributed by atoms with Crippen LogP contribution in [0.25, 0.3) is 0 Å². The summed E-state index contributed by atoms with van der Waals surface area (Å²) in [7, 11) is 0. The normalized spacial score (nSPS) is 22.2. The highest BCUT2D eigenvalue weighted by Gasteiger charge is 2.49. The number of rotatable bonds is 12. The van der Waals surface area contributed by atoms with Crippen molar-refractivity contribution in [2.75, 3.05) is 6.61 Å². The van der Waals surface area contributed by atoms with E-state index in [1.54, 1.807) is 24.3 Å². The van der Waals surface area contributed by atoms with E-state index in [9.17, 15) is 9.90 Å². The maximum absolute atomic E-state index is 13.2. The van der Waals surface area contributed by atoms with Crippen LogP contribution in [0.15, 0.2) is 121 Å². The first-order valence-corrected chi connectivity index (χ1v) is 13.7. The van der Waals surface area contributed by atoms with Gasteiger partial charge in [0.1, 0.15) is 18.3 Å². The van der Waals surface area contributed by atoms with Crippen LogP contribution >= 0.6 is 0 Å². The van der Waals surface area contributed by atoms with E-state index in [-0.39, 0.29) is 19.8 Å². The minimum absolute atomic E-state index is 0.0616. The molecule has 0 aliphatic carbocycles. The summed E-state index contributed by atoms with van der Waals surface area (Å²) in [5, 5.41) is 11.5. The number of benzene rings is 4. The third kappa shape index (κ3) is 8.10. The molecule has 5 atom stereocenters. The number of aliphatic hydroxyl groups excluding tert-OH is 1. The fourth-order valence-electron chi connectivity index (χ4n) is 4.63. The van der Waals surface area contributed by atoms with Gasteiger partial charge in [0.15, 0.2) is 12.4 Å². The predicted molar refractivity (Wildman–Crippen MR) is 153 cm³/mol. The lowest BCUT2D eigenvalue weighted by molar-refractivity contribution is -0.315. The van der Waals surface area contributed by atoms with Crippen molar-refractivity contribution < 1.29 is 33.6 Å². The number of esters is 1. The largest absolute Gasteiger partial charge is 0.453 e. The highest BCUT2D eigenvalue weighted by molar-refractivity contribution is 5.89. The minimum atomic E-state index is -1.23. The van der Waals surface area contributed by atoms with E-state index in [0.29, 0.717) is 12.2 Å². The highest BCUT2D eigenvalue weighted by Crippen LogP contribution is 2.29. The Balaban J connectivity index is 1.37. The molecule has 1 fully saturated rings. The fourth-order valence-corrected chi connectivity index (χ4v) is 4.63. The first-order chi connectivity index (χ1) is 20.2. The first kappa shape index (κ1) is 28.7. The number of ether oxygens (including phenoxy) is 5. The van der Waals surface area contributed by atoms with Crippen LogP contribution in [0.1, 0.15) is 27.0 Å². The predicted octanol–water partition coefficient (Wildman–Crippen LogP) is 5.32. The summed E-state index contributed by atoms with van der Waals surface area (Å²) >= 11 is 0. The SMILES string of the molecule is O=C(O[C@H]1[C@@H](O)[C@@H](COCc2ccccc2)O[C@H](OCc2ccccc2)[C@@H]1OCc1ccccc1)c1ccccc1. The molecule has 5 rings (SSSR count). The molecule has 7 heteroatoms. The Bertz CT molecular complexity index is 1320. The topological polar surface area (TPSA) is 83.5 Å². The zero-order chi connectivity index (χ0) is 28.3. The minimum Gasteiger partial charge on any atom is -0.453 e. The van der Waals surface area contributed by atoms with Gasteiger partial charge in [0.25, 0.3) is 0 Å². The number of hydrogen-bond acceptors (Lipinski definition) is 7. The van der Waals surface area contributed by atoms with Gasteiger partial charge in [-0.2, -0.15) is 0 Å². The summed E-state index contributed by atoms with van der Waals surface area (Å²) in [5.74, 6) is -0.573. The Kier molecular flexibility index (Phi) is 10.3. The van der Waals surface area contributed by atoms with Crippen molar-refractivity contribution in [1.82, 2.24) is 0 Å². The summed E-state index contributed by atoms with van der Waals surface area (Å²) in [6, 6.07) is 37.7.